The predicted molar refractivity (Wildman–Crippen MR) is 187 cm³/mol. The molecule has 0 heterocycles. The van der Waals surface area contributed by atoms with E-state index in [1.54, 1.807) is 6.92 Å². The molecule has 0 aliphatic heterocycles. The molecule has 0 atom stereocenters. The molecule has 0 aliphatic carbocycles. The third kappa shape index (κ3) is 40.8. The number of rotatable bonds is 41. The van der Waals surface area contributed by atoms with Gasteiger partial charge >= 0.3 is 11.9 Å². The van der Waals surface area contributed by atoms with Gasteiger partial charge in [-0.05, 0) is 13.3 Å². The van der Waals surface area contributed by atoms with Crippen LogP contribution in [0.4, 0.5) is 0 Å². The van der Waals surface area contributed by atoms with Gasteiger partial charge in [0.2, 0.25) is 0 Å². The standard InChI is InChI=1S/C37H72O11/c1-3-5-6-7-8-9-10-11-12-13-14-15-16-17-18-19-36(38)48-35-34-46-33-32-45-31-30-44-29-28-43-27-26-42-25-24-41-23-22-40-21-20-37(39)47-4-2/h3-35H2,1-2H3. The smallest absolute Gasteiger partial charge is 0.308 e. The molecule has 0 saturated carbocycles. The Morgan fingerprint density at radius 2 is 0.604 bits per heavy atom. The Labute approximate surface area is 292 Å². The fraction of sp³-hybridized carbons (Fsp3) is 0.946. The summed E-state index contributed by atoms with van der Waals surface area (Å²) in [5.41, 5.74) is 0. The lowest BCUT2D eigenvalue weighted by Crippen LogP contribution is -2.15. The van der Waals surface area contributed by atoms with E-state index in [9.17, 15) is 9.59 Å². The molecular weight excluding hydrogens is 620 g/mol. The average Bonchev–Trinajstić information content (AvgIpc) is 3.08. The van der Waals surface area contributed by atoms with E-state index < -0.39 is 0 Å². The van der Waals surface area contributed by atoms with Crippen molar-refractivity contribution in [2.45, 2.75) is 123 Å². The zero-order valence-electron chi connectivity index (χ0n) is 30.8. The quantitative estimate of drug-likeness (QED) is 0.0494. The van der Waals surface area contributed by atoms with Crippen LogP contribution in [0.5, 0.6) is 0 Å². The van der Waals surface area contributed by atoms with Gasteiger partial charge in [0.15, 0.2) is 0 Å². The number of ether oxygens (including phenoxy) is 9. The van der Waals surface area contributed by atoms with Crippen molar-refractivity contribution in [1.82, 2.24) is 0 Å². The van der Waals surface area contributed by atoms with E-state index in [-0.39, 0.29) is 25.0 Å². The van der Waals surface area contributed by atoms with Gasteiger partial charge in [0.25, 0.3) is 0 Å². The van der Waals surface area contributed by atoms with Gasteiger partial charge in [0, 0.05) is 6.42 Å². The Morgan fingerprint density at radius 1 is 0.312 bits per heavy atom. The van der Waals surface area contributed by atoms with Crippen molar-refractivity contribution in [1.29, 1.82) is 0 Å². The van der Waals surface area contributed by atoms with E-state index in [0.29, 0.717) is 106 Å². The summed E-state index contributed by atoms with van der Waals surface area (Å²) in [6, 6.07) is 0. The van der Waals surface area contributed by atoms with Crippen molar-refractivity contribution in [3.63, 3.8) is 0 Å². The molecular formula is C37H72O11. The number of hydrogen-bond acceptors (Lipinski definition) is 11. The Balaban J connectivity index is 3.15. The van der Waals surface area contributed by atoms with E-state index in [4.69, 9.17) is 42.6 Å². The molecule has 0 aliphatic rings. The SMILES string of the molecule is CCCCCCCCCCCCCCCCCC(=O)OCCOCCOCCOCCOCCOCCOCCOCCC(=O)OCC. The molecule has 0 saturated heterocycles. The number of carbonyl (C=O) groups is 2. The zero-order valence-corrected chi connectivity index (χ0v) is 30.8. The maximum Gasteiger partial charge on any atom is 0.308 e. The van der Waals surface area contributed by atoms with Crippen LogP contribution in [-0.4, -0.2) is 118 Å². The van der Waals surface area contributed by atoms with E-state index >= 15 is 0 Å². The van der Waals surface area contributed by atoms with E-state index in [1.165, 1.54) is 83.5 Å². The Kier molecular flexibility index (Phi) is 40.7. The van der Waals surface area contributed by atoms with E-state index in [2.05, 4.69) is 6.92 Å². The van der Waals surface area contributed by atoms with Crippen molar-refractivity contribution >= 4 is 11.9 Å². The van der Waals surface area contributed by atoms with Crippen LogP contribution >= 0.6 is 0 Å². The van der Waals surface area contributed by atoms with Gasteiger partial charge in [0.05, 0.1) is 106 Å². The van der Waals surface area contributed by atoms with Crippen LogP contribution in [0.15, 0.2) is 0 Å². The molecule has 0 radical (unpaired) electrons. The highest BCUT2D eigenvalue weighted by Gasteiger charge is 2.03. The Morgan fingerprint density at radius 3 is 0.958 bits per heavy atom. The van der Waals surface area contributed by atoms with Gasteiger partial charge in [-0.25, -0.2) is 0 Å². The van der Waals surface area contributed by atoms with Gasteiger partial charge < -0.3 is 42.6 Å². The lowest BCUT2D eigenvalue weighted by molar-refractivity contribution is -0.146. The highest BCUT2D eigenvalue weighted by Crippen LogP contribution is 2.13. The monoisotopic (exact) mass is 693 g/mol. The summed E-state index contributed by atoms with van der Waals surface area (Å²) >= 11 is 0. The predicted octanol–water partition coefficient (Wildman–Crippen LogP) is 6.86. The fourth-order valence-electron chi connectivity index (χ4n) is 4.74. The van der Waals surface area contributed by atoms with Crippen LogP contribution in [0.1, 0.15) is 123 Å². The van der Waals surface area contributed by atoms with Crippen LogP contribution in [0.3, 0.4) is 0 Å². The fourth-order valence-corrected chi connectivity index (χ4v) is 4.74. The second-order valence-electron chi connectivity index (χ2n) is 11.8. The van der Waals surface area contributed by atoms with Crippen LogP contribution in [0, 0.1) is 0 Å². The lowest BCUT2D eigenvalue weighted by atomic mass is 10.0. The van der Waals surface area contributed by atoms with Gasteiger partial charge in [-0.15, -0.1) is 0 Å². The summed E-state index contributed by atoms with van der Waals surface area (Å²) in [7, 11) is 0. The minimum Gasteiger partial charge on any atom is -0.466 e. The first kappa shape index (κ1) is 46.7. The molecule has 0 N–H and O–H groups in total. The van der Waals surface area contributed by atoms with Gasteiger partial charge in [-0.3, -0.25) is 9.59 Å². The summed E-state index contributed by atoms with van der Waals surface area (Å²) in [5, 5.41) is 0. The number of carbonyl (C=O) groups excluding carboxylic acids is 2. The molecule has 0 spiro atoms. The summed E-state index contributed by atoms with van der Waals surface area (Å²) in [6.07, 6.45) is 20.5. The zero-order chi connectivity index (χ0) is 34.9. The molecule has 11 heteroatoms. The van der Waals surface area contributed by atoms with Gasteiger partial charge in [-0.2, -0.15) is 0 Å². The van der Waals surface area contributed by atoms with Crippen molar-refractivity contribution in [3.05, 3.63) is 0 Å². The second kappa shape index (κ2) is 41.8. The maximum atomic E-state index is 11.9. The molecule has 0 aromatic carbocycles. The first-order chi connectivity index (χ1) is 23.7. The molecule has 0 fully saturated rings. The first-order valence-corrected chi connectivity index (χ1v) is 19.1. The first-order valence-electron chi connectivity index (χ1n) is 19.1. The van der Waals surface area contributed by atoms with Crippen molar-refractivity contribution in [2.24, 2.45) is 0 Å². The number of esters is 2. The molecule has 0 amide bonds. The molecule has 0 aromatic rings. The molecule has 0 rings (SSSR count). The third-order valence-corrected chi connectivity index (χ3v) is 7.46. The normalized spacial score (nSPS) is 11.3. The molecule has 286 valence electrons. The largest absolute Gasteiger partial charge is 0.466 e. The van der Waals surface area contributed by atoms with Gasteiger partial charge in [-0.1, -0.05) is 96.8 Å². The molecule has 0 unspecified atom stereocenters. The van der Waals surface area contributed by atoms with Crippen LogP contribution in [-0.2, 0) is 52.2 Å². The summed E-state index contributed by atoms with van der Waals surface area (Å²) < 4.78 is 48.1. The molecule has 0 aromatic heterocycles. The van der Waals surface area contributed by atoms with E-state index in [0.717, 1.165) is 12.8 Å². The highest BCUT2D eigenvalue weighted by molar-refractivity contribution is 5.69. The number of unbranched alkanes of at least 4 members (excludes halogenated alkanes) is 14. The maximum absolute atomic E-state index is 11.9. The average molecular weight is 693 g/mol. The highest BCUT2D eigenvalue weighted by atomic mass is 16.6. The summed E-state index contributed by atoms with van der Waals surface area (Å²) in [5.74, 6) is -0.382. The molecule has 11 nitrogen and oxygen atoms in total. The van der Waals surface area contributed by atoms with Gasteiger partial charge in [0.1, 0.15) is 6.61 Å². The Hall–Kier alpha value is -1.34. The third-order valence-electron chi connectivity index (χ3n) is 7.46. The van der Waals surface area contributed by atoms with Crippen LogP contribution in [0.25, 0.3) is 0 Å². The van der Waals surface area contributed by atoms with Crippen LogP contribution in [0.2, 0.25) is 0 Å². The minimum atomic E-state index is -0.250. The van der Waals surface area contributed by atoms with Crippen molar-refractivity contribution < 1.29 is 52.2 Å². The van der Waals surface area contributed by atoms with Crippen molar-refractivity contribution in [2.75, 3.05) is 106 Å². The molecule has 0 bridgehead atoms. The topological polar surface area (TPSA) is 117 Å². The summed E-state index contributed by atoms with van der Waals surface area (Å²) in [4.78, 5) is 23.0. The van der Waals surface area contributed by atoms with E-state index in [1.807, 2.05) is 0 Å². The minimum absolute atomic E-state index is 0.132. The summed E-state index contributed by atoms with van der Waals surface area (Å²) in [6.45, 7) is 11.1. The van der Waals surface area contributed by atoms with Crippen molar-refractivity contribution in [3.8, 4) is 0 Å². The second-order valence-corrected chi connectivity index (χ2v) is 11.8. The molecule has 48 heavy (non-hydrogen) atoms. The Bertz CT molecular complexity index is 651. The lowest BCUT2D eigenvalue weighted by Gasteiger charge is -2.09. The number of hydrogen-bond donors (Lipinski definition) is 0. The van der Waals surface area contributed by atoms with Crippen LogP contribution < -0.4 is 0 Å².